The van der Waals surface area contributed by atoms with Crippen LogP contribution in [-0.2, 0) is 9.53 Å². The molecule has 14 heavy (non-hydrogen) atoms. The maximum Gasteiger partial charge on any atom is 0.260 e. The Balaban J connectivity index is 2.67. The van der Waals surface area contributed by atoms with Gasteiger partial charge in [0.25, 0.3) is 5.91 Å². The minimum atomic E-state index is 0.154. The lowest BCUT2D eigenvalue weighted by Crippen LogP contribution is -2.41. The molecule has 1 amide bonds. The Bertz CT molecular complexity index is 241. The zero-order valence-electron chi connectivity index (χ0n) is 9.00. The first-order valence-electron chi connectivity index (χ1n) is 4.75. The second-order valence-electron chi connectivity index (χ2n) is 3.44. The fraction of sp³-hybridized carbons (Fsp3) is 0.700. The van der Waals surface area contributed by atoms with Gasteiger partial charge in [0.15, 0.2) is 0 Å². The topological polar surface area (TPSA) is 29.5 Å². The van der Waals surface area contributed by atoms with E-state index in [1.807, 2.05) is 25.0 Å². The quantitative estimate of drug-likeness (QED) is 0.654. The van der Waals surface area contributed by atoms with Crippen LogP contribution in [0.25, 0.3) is 0 Å². The van der Waals surface area contributed by atoms with Crippen molar-refractivity contribution in [2.45, 2.75) is 13.8 Å². The fourth-order valence-corrected chi connectivity index (χ4v) is 2.13. The van der Waals surface area contributed by atoms with E-state index in [4.69, 9.17) is 4.74 Å². The first-order chi connectivity index (χ1) is 6.66. The minimum Gasteiger partial charge on any atom is -0.378 e. The Hall–Kier alpha value is -0.480. The van der Waals surface area contributed by atoms with Gasteiger partial charge in [0.1, 0.15) is 0 Å². The molecule has 1 aliphatic heterocycles. The summed E-state index contributed by atoms with van der Waals surface area (Å²) in [6.07, 6.45) is 1.95. The number of hydrogen-bond donors (Lipinski definition) is 0. The van der Waals surface area contributed by atoms with Gasteiger partial charge in [-0.3, -0.25) is 4.79 Å². The molecule has 1 saturated heterocycles. The van der Waals surface area contributed by atoms with Crippen molar-refractivity contribution in [3.8, 4) is 0 Å². The molecule has 0 spiro atoms. The number of ether oxygens (including phenoxy) is 1. The first kappa shape index (κ1) is 11.6. The average molecular weight is 215 g/mol. The van der Waals surface area contributed by atoms with Crippen LogP contribution in [-0.4, -0.2) is 43.4 Å². The molecule has 0 radical (unpaired) electrons. The van der Waals surface area contributed by atoms with E-state index >= 15 is 0 Å². The van der Waals surface area contributed by atoms with Crippen LogP contribution in [0.4, 0.5) is 0 Å². The number of rotatable bonds is 2. The summed E-state index contributed by atoms with van der Waals surface area (Å²) in [6, 6.07) is 0. The third-order valence-electron chi connectivity index (χ3n) is 2.15. The molecule has 1 fully saturated rings. The summed E-state index contributed by atoms with van der Waals surface area (Å²) in [5.74, 6) is 0.154. The second-order valence-corrected chi connectivity index (χ2v) is 4.25. The molecule has 0 N–H and O–H groups in total. The highest BCUT2D eigenvalue weighted by Gasteiger charge is 2.20. The monoisotopic (exact) mass is 215 g/mol. The molecule has 0 aliphatic carbocycles. The number of carbonyl (C=O) groups excluding carboxylic acids is 1. The Morgan fingerprint density at radius 3 is 2.29 bits per heavy atom. The SMILES string of the molecule is CSC(C(=O)N1CCOCC1)=C(C)C. The summed E-state index contributed by atoms with van der Waals surface area (Å²) < 4.78 is 5.21. The molecule has 80 valence electrons. The Kier molecular flexibility index (Phi) is 4.48. The fourth-order valence-electron chi connectivity index (χ4n) is 1.42. The zero-order chi connectivity index (χ0) is 10.6. The molecular weight excluding hydrogens is 198 g/mol. The number of thioether (sulfide) groups is 1. The van der Waals surface area contributed by atoms with E-state index in [0.717, 1.165) is 23.6 Å². The lowest BCUT2D eigenvalue weighted by Gasteiger charge is -2.27. The number of allylic oxidation sites excluding steroid dienone is 1. The van der Waals surface area contributed by atoms with E-state index in [-0.39, 0.29) is 5.91 Å². The van der Waals surface area contributed by atoms with Crippen molar-refractivity contribution in [2.24, 2.45) is 0 Å². The van der Waals surface area contributed by atoms with Crippen LogP contribution in [0.15, 0.2) is 10.5 Å². The van der Waals surface area contributed by atoms with Gasteiger partial charge in [-0.2, -0.15) is 0 Å². The molecule has 0 saturated carbocycles. The second kappa shape index (κ2) is 5.41. The van der Waals surface area contributed by atoms with Gasteiger partial charge in [-0.15, -0.1) is 11.8 Å². The molecule has 3 nitrogen and oxygen atoms in total. The summed E-state index contributed by atoms with van der Waals surface area (Å²) in [6.45, 7) is 6.72. The molecule has 1 heterocycles. The molecule has 0 aromatic heterocycles. The molecule has 1 rings (SSSR count). The van der Waals surface area contributed by atoms with Gasteiger partial charge in [0.05, 0.1) is 18.1 Å². The molecular formula is C10H17NO2S. The third kappa shape index (κ3) is 2.75. The van der Waals surface area contributed by atoms with Crippen molar-refractivity contribution in [2.75, 3.05) is 32.6 Å². The maximum absolute atomic E-state index is 12.0. The van der Waals surface area contributed by atoms with Crippen LogP contribution in [0.2, 0.25) is 0 Å². The Morgan fingerprint density at radius 2 is 1.86 bits per heavy atom. The highest BCUT2D eigenvalue weighted by Crippen LogP contribution is 2.19. The minimum absolute atomic E-state index is 0.154. The van der Waals surface area contributed by atoms with Crippen molar-refractivity contribution in [3.05, 3.63) is 10.5 Å². The number of carbonyl (C=O) groups is 1. The van der Waals surface area contributed by atoms with E-state index in [1.54, 1.807) is 0 Å². The number of amides is 1. The number of nitrogens with zero attached hydrogens (tertiary/aromatic N) is 1. The lowest BCUT2D eigenvalue weighted by molar-refractivity contribution is -0.130. The van der Waals surface area contributed by atoms with Gasteiger partial charge in [-0.1, -0.05) is 5.57 Å². The predicted molar refractivity (Wildman–Crippen MR) is 59.3 cm³/mol. The third-order valence-corrected chi connectivity index (χ3v) is 3.14. The largest absolute Gasteiger partial charge is 0.378 e. The maximum atomic E-state index is 12.0. The molecule has 1 aliphatic rings. The van der Waals surface area contributed by atoms with Crippen LogP contribution < -0.4 is 0 Å². The summed E-state index contributed by atoms with van der Waals surface area (Å²) in [7, 11) is 0. The van der Waals surface area contributed by atoms with Crippen LogP contribution in [0.1, 0.15) is 13.8 Å². The van der Waals surface area contributed by atoms with Crippen molar-refractivity contribution in [3.63, 3.8) is 0 Å². The molecule has 4 heteroatoms. The number of morpholine rings is 1. The molecule has 0 bridgehead atoms. The van der Waals surface area contributed by atoms with Crippen LogP contribution >= 0.6 is 11.8 Å². The van der Waals surface area contributed by atoms with Crippen LogP contribution in [0, 0.1) is 0 Å². The molecule has 0 unspecified atom stereocenters. The van der Waals surface area contributed by atoms with Crippen molar-refractivity contribution >= 4 is 17.7 Å². The summed E-state index contributed by atoms with van der Waals surface area (Å²) in [5.41, 5.74) is 1.09. The highest BCUT2D eigenvalue weighted by atomic mass is 32.2. The van der Waals surface area contributed by atoms with E-state index in [0.29, 0.717) is 13.2 Å². The van der Waals surface area contributed by atoms with E-state index < -0.39 is 0 Å². The molecule has 0 aromatic carbocycles. The van der Waals surface area contributed by atoms with Gasteiger partial charge in [0.2, 0.25) is 0 Å². The van der Waals surface area contributed by atoms with Crippen LogP contribution in [0.5, 0.6) is 0 Å². The van der Waals surface area contributed by atoms with Gasteiger partial charge in [-0.25, -0.2) is 0 Å². The first-order valence-corrected chi connectivity index (χ1v) is 5.97. The average Bonchev–Trinajstić information content (AvgIpc) is 2.19. The molecule has 0 atom stereocenters. The standard InChI is InChI=1S/C10H17NO2S/c1-8(2)9(14-3)10(12)11-4-6-13-7-5-11/h4-7H2,1-3H3. The lowest BCUT2D eigenvalue weighted by atomic mass is 10.3. The molecule has 0 aromatic rings. The summed E-state index contributed by atoms with van der Waals surface area (Å²) in [5, 5.41) is 0. The Morgan fingerprint density at radius 1 is 1.29 bits per heavy atom. The Labute approximate surface area is 89.5 Å². The zero-order valence-corrected chi connectivity index (χ0v) is 9.82. The van der Waals surface area contributed by atoms with Crippen molar-refractivity contribution < 1.29 is 9.53 Å². The highest BCUT2D eigenvalue weighted by molar-refractivity contribution is 8.03. The van der Waals surface area contributed by atoms with E-state index in [2.05, 4.69) is 0 Å². The van der Waals surface area contributed by atoms with Gasteiger partial charge < -0.3 is 9.64 Å². The van der Waals surface area contributed by atoms with Crippen molar-refractivity contribution in [1.29, 1.82) is 0 Å². The van der Waals surface area contributed by atoms with Gasteiger partial charge >= 0.3 is 0 Å². The normalized spacial score (nSPS) is 16.6. The van der Waals surface area contributed by atoms with E-state index in [9.17, 15) is 4.79 Å². The van der Waals surface area contributed by atoms with Gasteiger partial charge in [-0.05, 0) is 20.1 Å². The smallest absolute Gasteiger partial charge is 0.260 e. The summed E-state index contributed by atoms with van der Waals surface area (Å²) in [4.78, 5) is 14.7. The van der Waals surface area contributed by atoms with Crippen LogP contribution in [0.3, 0.4) is 0 Å². The predicted octanol–water partition coefficient (Wildman–Crippen LogP) is 1.50. The van der Waals surface area contributed by atoms with Gasteiger partial charge in [0, 0.05) is 13.1 Å². The van der Waals surface area contributed by atoms with E-state index in [1.165, 1.54) is 11.8 Å². The summed E-state index contributed by atoms with van der Waals surface area (Å²) >= 11 is 1.53. The number of hydrogen-bond acceptors (Lipinski definition) is 3. The van der Waals surface area contributed by atoms with Crippen molar-refractivity contribution in [1.82, 2.24) is 4.90 Å².